The van der Waals surface area contributed by atoms with Crippen molar-refractivity contribution in [3.63, 3.8) is 0 Å². The Kier molecular flexibility index (Phi) is 6.14. The fraction of sp³-hybridized carbons (Fsp3) is 0.381. The molecule has 2 aromatic carbocycles. The average molecular weight is 402 g/mol. The summed E-state index contributed by atoms with van der Waals surface area (Å²) < 4.78 is 0.897. The number of hydrogen-bond acceptors (Lipinski definition) is 2. The topological polar surface area (TPSA) is 49.3 Å². The molecule has 0 radical (unpaired) electrons. The van der Waals surface area contributed by atoms with E-state index in [4.69, 9.17) is 0 Å². The number of aromatic hydroxyl groups is 1. The van der Waals surface area contributed by atoms with Crippen molar-refractivity contribution < 1.29 is 9.90 Å². The molecular formula is C21H24BrNO2. The van der Waals surface area contributed by atoms with Crippen LogP contribution in [0.5, 0.6) is 5.75 Å². The fourth-order valence-electron chi connectivity index (χ4n) is 3.62. The Hall–Kier alpha value is -1.81. The van der Waals surface area contributed by atoms with E-state index >= 15 is 0 Å². The van der Waals surface area contributed by atoms with Crippen LogP contribution in [0.3, 0.4) is 0 Å². The van der Waals surface area contributed by atoms with Crippen molar-refractivity contribution in [1.82, 2.24) is 5.32 Å². The molecule has 132 valence electrons. The molecule has 4 heteroatoms. The molecule has 0 bridgehead atoms. The highest BCUT2D eigenvalue weighted by Crippen LogP contribution is 2.35. The lowest BCUT2D eigenvalue weighted by molar-refractivity contribution is -0.122. The summed E-state index contributed by atoms with van der Waals surface area (Å²) in [6.07, 6.45) is 6.14. The summed E-state index contributed by atoms with van der Waals surface area (Å²) >= 11 is 3.47. The molecule has 3 nitrogen and oxygen atoms in total. The van der Waals surface area contributed by atoms with Gasteiger partial charge in [-0.05, 0) is 36.6 Å². The largest absolute Gasteiger partial charge is 0.508 e. The lowest BCUT2D eigenvalue weighted by Crippen LogP contribution is -2.36. The first-order chi connectivity index (χ1) is 12.1. The number of nitrogens with one attached hydrogen (secondary N) is 1. The molecule has 2 N–H and O–H groups in total. The van der Waals surface area contributed by atoms with Gasteiger partial charge in [-0.1, -0.05) is 65.5 Å². The number of benzene rings is 2. The van der Waals surface area contributed by atoms with Crippen LogP contribution in [-0.2, 0) is 4.79 Å². The molecule has 0 saturated heterocycles. The standard InChI is InChI=1S/C21H24BrNO2/c22-16-11-12-20(24)19(13-16)18(15-7-3-1-4-8-15)14-21(25)23-17-9-5-2-6-10-17/h1,3-4,7-8,11-13,17-18,24H,2,5-6,9-10,14H2,(H,23,25). The molecule has 1 aliphatic carbocycles. The SMILES string of the molecule is O=C(CC(c1ccccc1)c1cc(Br)ccc1O)NC1CCCCC1. The second-order valence-corrected chi connectivity index (χ2v) is 7.69. The Bertz CT molecular complexity index is 711. The monoisotopic (exact) mass is 401 g/mol. The van der Waals surface area contributed by atoms with Crippen molar-refractivity contribution in [1.29, 1.82) is 0 Å². The zero-order valence-electron chi connectivity index (χ0n) is 14.2. The maximum atomic E-state index is 12.7. The van der Waals surface area contributed by atoms with Gasteiger partial charge < -0.3 is 10.4 Å². The first-order valence-corrected chi connectivity index (χ1v) is 9.75. The third-order valence-electron chi connectivity index (χ3n) is 4.93. The number of carbonyl (C=O) groups excluding carboxylic acids is 1. The molecule has 1 saturated carbocycles. The maximum Gasteiger partial charge on any atom is 0.221 e. The molecule has 0 spiro atoms. The van der Waals surface area contributed by atoms with Crippen LogP contribution >= 0.6 is 15.9 Å². The molecule has 2 aromatic rings. The van der Waals surface area contributed by atoms with Crippen LogP contribution in [-0.4, -0.2) is 17.1 Å². The van der Waals surface area contributed by atoms with Gasteiger partial charge in [0.2, 0.25) is 5.91 Å². The predicted molar refractivity (Wildman–Crippen MR) is 104 cm³/mol. The predicted octanol–water partition coefficient (Wildman–Crippen LogP) is 5.13. The Morgan fingerprint density at radius 3 is 2.56 bits per heavy atom. The molecule has 1 aliphatic rings. The third-order valence-corrected chi connectivity index (χ3v) is 5.42. The van der Waals surface area contributed by atoms with Gasteiger partial charge in [0.15, 0.2) is 0 Å². The molecule has 1 atom stereocenters. The summed E-state index contributed by atoms with van der Waals surface area (Å²) in [4.78, 5) is 12.7. The van der Waals surface area contributed by atoms with E-state index < -0.39 is 0 Å². The van der Waals surface area contributed by atoms with E-state index in [1.807, 2.05) is 42.5 Å². The van der Waals surface area contributed by atoms with Gasteiger partial charge in [-0.15, -0.1) is 0 Å². The van der Waals surface area contributed by atoms with E-state index in [2.05, 4.69) is 21.2 Å². The molecule has 25 heavy (non-hydrogen) atoms. The smallest absolute Gasteiger partial charge is 0.221 e. The Morgan fingerprint density at radius 2 is 1.84 bits per heavy atom. The summed E-state index contributed by atoms with van der Waals surface area (Å²) in [6.45, 7) is 0. The fourth-order valence-corrected chi connectivity index (χ4v) is 3.99. The molecule has 1 unspecified atom stereocenters. The molecule has 0 aromatic heterocycles. The van der Waals surface area contributed by atoms with Gasteiger partial charge in [-0.3, -0.25) is 4.79 Å². The summed E-state index contributed by atoms with van der Waals surface area (Å²) in [6, 6.07) is 15.6. The van der Waals surface area contributed by atoms with Crippen LogP contribution in [0.25, 0.3) is 0 Å². The Morgan fingerprint density at radius 1 is 1.12 bits per heavy atom. The van der Waals surface area contributed by atoms with Crippen LogP contribution in [0.1, 0.15) is 55.6 Å². The molecule has 3 rings (SSSR count). The van der Waals surface area contributed by atoms with Crippen LogP contribution in [0.15, 0.2) is 53.0 Å². The van der Waals surface area contributed by atoms with Gasteiger partial charge in [0.05, 0.1) is 0 Å². The average Bonchev–Trinajstić information content (AvgIpc) is 2.63. The van der Waals surface area contributed by atoms with Gasteiger partial charge >= 0.3 is 0 Å². The molecule has 0 heterocycles. The minimum atomic E-state index is -0.165. The Labute approximate surface area is 157 Å². The minimum Gasteiger partial charge on any atom is -0.508 e. The molecule has 0 aliphatic heterocycles. The van der Waals surface area contributed by atoms with Gasteiger partial charge in [0.25, 0.3) is 0 Å². The van der Waals surface area contributed by atoms with Crippen LogP contribution in [0.4, 0.5) is 0 Å². The number of rotatable bonds is 5. The highest BCUT2D eigenvalue weighted by Gasteiger charge is 2.23. The highest BCUT2D eigenvalue weighted by molar-refractivity contribution is 9.10. The number of halogens is 1. The summed E-state index contributed by atoms with van der Waals surface area (Å²) in [5.41, 5.74) is 1.81. The minimum absolute atomic E-state index is 0.0557. The van der Waals surface area contributed by atoms with E-state index in [1.54, 1.807) is 6.07 Å². The van der Waals surface area contributed by atoms with Gasteiger partial charge in [0.1, 0.15) is 5.75 Å². The number of phenols is 1. The zero-order chi connectivity index (χ0) is 17.6. The van der Waals surface area contributed by atoms with E-state index in [-0.39, 0.29) is 17.6 Å². The summed E-state index contributed by atoms with van der Waals surface area (Å²) in [5.74, 6) is 0.116. The highest BCUT2D eigenvalue weighted by atomic mass is 79.9. The molecule has 1 fully saturated rings. The van der Waals surface area contributed by atoms with Crippen LogP contribution < -0.4 is 5.32 Å². The van der Waals surface area contributed by atoms with Crippen molar-refractivity contribution in [2.45, 2.75) is 50.5 Å². The first-order valence-electron chi connectivity index (χ1n) is 8.96. The normalized spacial score (nSPS) is 16.4. The van der Waals surface area contributed by atoms with E-state index in [1.165, 1.54) is 19.3 Å². The van der Waals surface area contributed by atoms with Crippen molar-refractivity contribution in [3.05, 3.63) is 64.1 Å². The zero-order valence-corrected chi connectivity index (χ0v) is 15.8. The van der Waals surface area contributed by atoms with Gasteiger partial charge in [-0.2, -0.15) is 0 Å². The van der Waals surface area contributed by atoms with Crippen LogP contribution in [0, 0.1) is 0 Å². The van der Waals surface area contributed by atoms with Gasteiger partial charge in [0, 0.05) is 28.4 Å². The van der Waals surface area contributed by atoms with Gasteiger partial charge in [-0.25, -0.2) is 0 Å². The maximum absolute atomic E-state index is 12.7. The van der Waals surface area contributed by atoms with Crippen molar-refractivity contribution in [2.75, 3.05) is 0 Å². The number of phenolic OH excluding ortho intramolecular Hbond substituents is 1. The van der Waals surface area contributed by atoms with Crippen molar-refractivity contribution >= 4 is 21.8 Å². The number of hydrogen-bond donors (Lipinski definition) is 2. The number of amides is 1. The van der Waals surface area contributed by atoms with E-state index in [0.29, 0.717) is 12.5 Å². The lowest BCUT2D eigenvalue weighted by atomic mass is 9.87. The second kappa shape index (κ2) is 8.52. The van der Waals surface area contributed by atoms with Crippen LogP contribution in [0.2, 0.25) is 0 Å². The molecule has 1 amide bonds. The quantitative estimate of drug-likeness (QED) is 0.729. The van der Waals surface area contributed by atoms with Crippen molar-refractivity contribution in [2.24, 2.45) is 0 Å². The first kappa shape index (κ1) is 18.0. The van der Waals surface area contributed by atoms with E-state index in [0.717, 1.165) is 28.4 Å². The van der Waals surface area contributed by atoms with E-state index in [9.17, 15) is 9.90 Å². The molecular weight excluding hydrogens is 378 g/mol. The Balaban J connectivity index is 1.81. The summed E-state index contributed by atoms with van der Waals surface area (Å²) in [7, 11) is 0. The second-order valence-electron chi connectivity index (χ2n) is 6.77. The van der Waals surface area contributed by atoms with Crippen molar-refractivity contribution in [3.8, 4) is 5.75 Å². The number of carbonyl (C=O) groups is 1. The summed E-state index contributed by atoms with van der Waals surface area (Å²) in [5, 5.41) is 13.5. The lowest BCUT2D eigenvalue weighted by Gasteiger charge is -2.25. The third kappa shape index (κ3) is 4.85.